The van der Waals surface area contributed by atoms with Crippen molar-refractivity contribution in [1.29, 1.82) is 0 Å². The maximum absolute atomic E-state index is 12.8. The third kappa shape index (κ3) is 2.94. The maximum Gasteiger partial charge on any atom is 0.273 e. The fourth-order valence-corrected chi connectivity index (χ4v) is 3.81. The van der Waals surface area contributed by atoms with Crippen LogP contribution in [0.4, 0.5) is 0 Å². The molecule has 0 saturated carbocycles. The Morgan fingerprint density at radius 3 is 2.92 bits per heavy atom. The van der Waals surface area contributed by atoms with Crippen LogP contribution in [-0.2, 0) is 0 Å². The van der Waals surface area contributed by atoms with Gasteiger partial charge in [0.2, 0.25) is 0 Å². The Balaban J connectivity index is 1.50. The highest BCUT2D eigenvalue weighted by molar-refractivity contribution is 7.13. The van der Waals surface area contributed by atoms with E-state index in [-0.39, 0.29) is 11.9 Å². The van der Waals surface area contributed by atoms with Gasteiger partial charge in [0, 0.05) is 24.0 Å². The summed E-state index contributed by atoms with van der Waals surface area (Å²) in [5, 5.41) is 6.93. The second-order valence-electron chi connectivity index (χ2n) is 5.83. The molecule has 0 N–H and O–H groups in total. The molecule has 6 nitrogen and oxygen atoms in total. The molecule has 1 aliphatic heterocycles. The Morgan fingerprint density at radius 2 is 2.12 bits per heavy atom. The van der Waals surface area contributed by atoms with E-state index in [1.165, 1.54) is 17.7 Å². The fraction of sp³-hybridized carbons (Fsp3) is 0.294. The summed E-state index contributed by atoms with van der Waals surface area (Å²) in [6.07, 6.45) is 5.23. The molecule has 1 amide bonds. The predicted octanol–water partition coefficient (Wildman–Crippen LogP) is 2.88. The molecule has 122 valence electrons. The summed E-state index contributed by atoms with van der Waals surface area (Å²) in [5.41, 5.74) is 1.57. The molecular weight excluding hydrogens is 322 g/mol. The van der Waals surface area contributed by atoms with E-state index >= 15 is 0 Å². The van der Waals surface area contributed by atoms with E-state index in [1.54, 1.807) is 6.33 Å². The van der Waals surface area contributed by atoms with Crippen molar-refractivity contribution in [2.24, 2.45) is 0 Å². The number of piperidine rings is 1. The SMILES string of the molecule is O=C(c1csc(-c2ccccc2)n1)N1CCC[C@@H](n2cncn2)C1. The Labute approximate surface area is 143 Å². The highest BCUT2D eigenvalue weighted by atomic mass is 32.1. The highest BCUT2D eigenvalue weighted by Gasteiger charge is 2.27. The average molecular weight is 339 g/mol. The zero-order chi connectivity index (χ0) is 16.4. The van der Waals surface area contributed by atoms with E-state index in [0.717, 1.165) is 30.0 Å². The van der Waals surface area contributed by atoms with Gasteiger partial charge < -0.3 is 4.90 Å². The molecule has 1 saturated heterocycles. The number of thiazole rings is 1. The molecule has 3 heterocycles. The van der Waals surface area contributed by atoms with E-state index in [2.05, 4.69) is 15.1 Å². The molecule has 1 aromatic carbocycles. The van der Waals surface area contributed by atoms with Gasteiger partial charge in [-0.05, 0) is 12.8 Å². The second-order valence-corrected chi connectivity index (χ2v) is 6.68. The lowest BCUT2D eigenvalue weighted by atomic mass is 10.1. The maximum atomic E-state index is 12.8. The molecule has 0 radical (unpaired) electrons. The summed E-state index contributed by atoms with van der Waals surface area (Å²) in [6.45, 7) is 1.42. The van der Waals surface area contributed by atoms with Crippen molar-refractivity contribution in [3.63, 3.8) is 0 Å². The molecule has 1 aliphatic rings. The van der Waals surface area contributed by atoms with Crippen molar-refractivity contribution < 1.29 is 4.79 Å². The molecular formula is C17H17N5OS. The van der Waals surface area contributed by atoms with E-state index in [4.69, 9.17) is 0 Å². The number of hydrogen-bond acceptors (Lipinski definition) is 5. The van der Waals surface area contributed by atoms with Crippen LogP contribution in [0.2, 0.25) is 0 Å². The van der Waals surface area contributed by atoms with E-state index < -0.39 is 0 Å². The van der Waals surface area contributed by atoms with Gasteiger partial charge in [-0.15, -0.1) is 11.3 Å². The second kappa shape index (κ2) is 6.52. The van der Waals surface area contributed by atoms with Gasteiger partial charge in [-0.3, -0.25) is 4.79 Å². The van der Waals surface area contributed by atoms with Crippen molar-refractivity contribution in [3.8, 4) is 10.6 Å². The van der Waals surface area contributed by atoms with Gasteiger partial charge in [-0.25, -0.2) is 14.6 Å². The first kappa shape index (κ1) is 15.0. The summed E-state index contributed by atoms with van der Waals surface area (Å²) >= 11 is 1.51. The minimum Gasteiger partial charge on any atom is -0.335 e. The Kier molecular flexibility index (Phi) is 4.08. The lowest BCUT2D eigenvalue weighted by molar-refractivity contribution is 0.0667. The quantitative estimate of drug-likeness (QED) is 0.736. The Morgan fingerprint density at radius 1 is 1.25 bits per heavy atom. The number of likely N-dealkylation sites (tertiary alicyclic amines) is 1. The molecule has 0 aliphatic carbocycles. The molecule has 24 heavy (non-hydrogen) atoms. The largest absolute Gasteiger partial charge is 0.335 e. The number of nitrogens with zero attached hydrogens (tertiary/aromatic N) is 5. The number of aromatic nitrogens is 4. The highest BCUT2D eigenvalue weighted by Crippen LogP contribution is 2.26. The van der Waals surface area contributed by atoms with Gasteiger partial charge in [0.25, 0.3) is 5.91 Å². The van der Waals surface area contributed by atoms with Crippen LogP contribution in [0.3, 0.4) is 0 Å². The first-order valence-electron chi connectivity index (χ1n) is 7.95. The zero-order valence-electron chi connectivity index (χ0n) is 13.1. The van der Waals surface area contributed by atoms with Crippen molar-refractivity contribution in [3.05, 3.63) is 54.1 Å². The van der Waals surface area contributed by atoms with Crippen LogP contribution in [0.25, 0.3) is 10.6 Å². The molecule has 1 fully saturated rings. The van der Waals surface area contributed by atoms with Gasteiger partial charge in [0.15, 0.2) is 0 Å². The van der Waals surface area contributed by atoms with E-state index in [9.17, 15) is 4.79 Å². The van der Waals surface area contributed by atoms with Crippen LogP contribution in [0.15, 0.2) is 48.4 Å². The van der Waals surface area contributed by atoms with Crippen LogP contribution in [0, 0.1) is 0 Å². The monoisotopic (exact) mass is 339 g/mol. The fourth-order valence-electron chi connectivity index (χ4n) is 3.01. The van der Waals surface area contributed by atoms with E-state index in [0.29, 0.717) is 12.2 Å². The molecule has 7 heteroatoms. The number of rotatable bonds is 3. The number of carbonyl (C=O) groups excluding carboxylic acids is 1. The topological polar surface area (TPSA) is 63.9 Å². The van der Waals surface area contributed by atoms with Crippen LogP contribution in [0.1, 0.15) is 29.4 Å². The van der Waals surface area contributed by atoms with Gasteiger partial charge in [-0.1, -0.05) is 30.3 Å². The minimum atomic E-state index is -0.00162. The molecule has 0 bridgehead atoms. The van der Waals surface area contributed by atoms with Crippen molar-refractivity contribution in [2.75, 3.05) is 13.1 Å². The predicted molar refractivity (Wildman–Crippen MR) is 91.7 cm³/mol. The van der Waals surface area contributed by atoms with Crippen molar-refractivity contribution in [1.82, 2.24) is 24.6 Å². The summed E-state index contributed by atoms with van der Waals surface area (Å²) in [5.74, 6) is -0.00162. The van der Waals surface area contributed by atoms with Gasteiger partial charge in [0.05, 0.1) is 6.04 Å². The molecule has 2 aromatic heterocycles. The summed E-state index contributed by atoms with van der Waals surface area (Å²) in [4.78, 5) is 23.2. The zero-order valence-corrected chi connectivity index (χ0v) is 13.9. The van der Waals surface area contributed by atoms with Crippen LogP contribution >= 0.6 is 11.3 Å². The first-order chi connectivity index (χ1) is 11.8. The molecule has 0 unspecified atom stereocenters. The van der Waals surface area contributed by atoms with Gasteiger partial charge >= 0.3 is 0 Å². The van der Waals surface area contributed by atoms with Gasteiger partial charge in [-0.2, -0.15) is 5.10 Å². The number of hydrogen-bond donors (Lipinski definition) is 0. The minimum absolute atomic E-state index is 0.00162. The summed E-state index contributed by atoms with van der Waals surface area (Å²) in [6, 6.07) is 10.1. The Hall–Kier alpha value is -2.54. The van der Waals surface area contributed by atoms with E-state index in [1.807, 2.05) is 45.3 Å². The van der Waals surface area contributed by atoms with Gasteiger partial charge in [0.1, 0.15) is 23.4 Å². The lowest BCUT2D eigenvalue weighted by Gasteiger charge is -2.32. The molecule has 4 rings (SSSR count). The Bertz CT molecular complexity index is 815. The lowest BCUT2D eigenvalue weighted by Crippen LogP contribution is -2.41. The standard InChI is InChI=1S/C17H17N5OS/c23-17(15-10-24-16(20-15)13-5-2-1-3-6-13)21-8-4-7-14(9-21)22-12-18-11-19-22/h1-3,5-6,10-12,14H,4,7-9H2/t14-/m1/s1. The summed E-state index contributed by atoms with van der Waals surface area (Å²) < 4.78 is 1.84. The first-order valence-corrected chi connectivity index (χ1v) is 8.83. The molecule has 0 spiro atoms. The summed E-state index contributed by atoms with van der Waals surface area (Å²) in [7, 11) is 0. The smallest absolute Gasteiger partial charge is 0.273 e. The van der Waals surface area contributed by atoms with Crippen molar-refractivity contribution >= 4 is 17.2 Å². The molecule has 1 atom stereocenters. The number of amides is 1. The van der Waals surface area contributed by atoms with Crippen LogP contribution in [0.5, 0.6) is 0 Å². The molecule has 3 aromatic rings. The number of benzene rings is 1. The van der Waals surface area contributed by atoms with Crippen LogP contribution < -0.4 is 0 Å². The third-order valence-corrected chi connectivity index (χ3v) is 5.13. The average Bonchev–Trinajstić information content (AvgIpc) is 3.34. The number of carbonyl (C=O) groups is 1. The normalized spacial score (nSPS) is 17.8. The van der Waals surface area contributed by atoms with Crippen molar-refractivity contribution in [2.45, 2.75) is 18.9 Å². The third-order valence-electron chi connectivity index (χ3n) is 4.24. The van der Waals surface area contributed by atoms with Crippen LogP contribution in [-0.4, -0.2) is 43.6 Å².